The number of benzene rings is 2. The Morgan fingerprint density at radius 2 is 1.64 bits per heavy atom. The minimum absolute atomic E-state index is 0. The lowest BCUT2D eigenvalue weighted by Crippen LogP contribution is -1.89. The molecule has 0 spiro atoms. The van der Waals surface area contributed by atoms with E-state index in [1.54, 1.807) is 6.07 Å². The Labute approximate surface area is 157 Å². The Bertz CT molecular complexity index is 775. The number of nitrogens with one attached hydrogen (secondary N) is 1. The third-order valence-corrected chi connectivity index (χ3v) is 4.56. The Hall–Kier alpha value is -0.780. The van der Waals surface area contributed by atoms with Gasteiger partial charge in [-0.05, 0) is 36.4 Å². The highest BCUT2D eigenvalue weighted by molar-refractivity contribution is 8.93. The number of anilines is 2. The Balaban J connectivity index is 0.00000176. The van der Waals surface area contributed by atoms with E-state index in [9.17, 15) is 0 Å². The summed E-state index contributed by atoms with van der Waals surface area (Å²) < 4.78 is 0. The van der Waals surface area contributed by atoms with Gasteiger partial charge in [-0.2, -0.15) is 0 Å². The maximum absolute atomic E-state index is 6.03. The normalized spacial score (nSPS) is 10.1. The van der Waals surface area contributed by atoms with E-state index >= 15 is 0 Å². The van der Waals surface area contributed by atoms with Gasteiger partial charge in [-0.3, -0.25) is 0 Å². The molecule has 3 aromatic rings. The van der Waals surface area contributed by atoms with Crippen molar-refractivity contribution in [2.24, 2.45) is 0 Å². The summed E-state index contributed by atoms with van der Waals surface area (Å²) >= 11 is 19.3. The first-order valence-electron chi connectivity index (χ1n) is 6.05. The van der Waals surface area contributed by atoms with Gasteiger partial charge in [-0.25, -0.2) is 4.98 Å². The number of thiazole rings is 1. The van der Waals surface area contributed by atoms with Crippen LogP contribution in [-0.2, 0) is 0 Å². The monoisotopic (exact) mass is 434 g/mol. The Kier molecular flexibility index (Phi) is 6.12. The highest BCUT2D eigenvalue weighted by Crippen LogP contribution is 2.31. The van der Waals surface area contributed by atoms with Crippen molar-refractivity contribution in [3.05, 3.63) is 62.9 Å². The Morgan fingerprint density at radius 1 is 0.909 bits per heavy atom. The second-order valence-electron chi connectivity index (χ2n) is 4.30. The molecule has 1 N–H and O–H groups in total. The maximum atomic E-state index is 6.03. The number of nitrogens with zero attached hydrogens (tertiary/aromatic N) is 1. The summed E-state index contributed by atoms with van der Waals surface area (Å²) in [6.07, 6.45) is 0. The first-order valence-corrected chi connectivity index (χ1v) is 8.07. The largest absolute Gasteiger partial charge is 0.332 e. The highest BCUT2D eigenvalue weighted by Gasteiger charge is 2.07. The lowest BCUT2D eigenvalue weighted by atomic mass is 10.2. The van der Waals surface area contributed by atoms with Gasteiger partial charge in [0, 0.05) is 21.7 Å². The molecule has 1 heterocycles. The molecule has 7 heteroatoms. The first kappa shape index (κ1) is 17.6. The van der Waals surface area contributed by atoms with Crippen molar-refractivity contribution in [2.45, 2.75) is 0 Å². The molecular weight excluding hydrogens is 427 g/mol. The van der Waals surface area contributed by atoms with Gasteiger partial charge in [-0.1, -0.05) is 40.9 Å². The van der Waals surface area contributed by atoms with Crippen LogP contribution in [0.3, 0.4) is 0 Å². The number of hydrogen-bond donors (Lipinski definition) is 1. The molecule has 0 amide bonds. The first-order chi connectivity index (χ1) is 10.1. The molecule has 0 aliphatic heterocycles. The summed E-state index contributed by atoms with van der Waals surface area (Å²) in [7, 11) is 0. The van der Waals surface area contributed by atoms with E-state index in [1.165, 1.54) is 11.3 Å². The van der Waals surface area contributed by atoms with Gasteiger partial charge >= 0.3 is 0 Å². The minimum Gasteiger partial charge on any atom is -0.332 e. The number of aromatic nitrogens is 1. The van der Waals surface area contributed by atoms with Crippen LogP contribution >= 0.6 is 63.1 Å². The van der Waals surface area contributed by atoms with Gasteiger partial charge in [0.1, 0.15) is 0 Å². The van der Waals surface area contributed by atoms with Crippen LogP contribution in [0.1, 0.15) is 0 Å². The van der Waals surface area contributed by atoms with E-state index in [4.69, 9.17) is 34.8 Å². The van der Waals surface area contributed by atoms with Gasteiger partial charge in [0.15, 0.2) is 5.13 Å². The average molecular weight is 437 g/mol. The van der Waals surface area contributed by atoms with Crippen LogP contribution in [0, 0.1) is 0 Å². The summed E-state index contributed by atoms with van der Waals surface area (Å²) in [5.74, 6) is 0. The number of hydrogen-bond acceptors (Lipinski definition) is 3. The van der Waals surface area contributed by atoms with Crippen LogP contribution < -0.4 is 5.32 Å². The van der Waals surface area contributed by atoms with Gasteiger partial charge < -0.3 is 5.32 Å². The summed E-state index contributed by atoms with van der Waals surface area (Å²) in [5.41, 5.74) is 2.73. The maximum Gasteiger partial charge on any atom is 0.187 e. The van der Waals surface area contributed by atoms with Crippen molar-refractivity contribution in [1.82, 2.24) is 4.98 Å². The lowest BCUT2D eigenvalue weighted by molar-refractivity contribution is 1.38. The molecular formula is C15H10BrCl3N2S. The molecule has 0 aliphatic rings. The summed E-state index contributed by atoms with van der Waals surface area (Å²) in [5, 5.41) is 7.78. The fourth-order valence-electron chi connectivity index (χ4n) is 1.78. The van der Waals surface area contributed by atoms with E-state index in [0.717, 1.165) is 22.1 Å². The quantitative estimate of drug-likeness (QED) is 0.474. The molecule has 0 unspecified atom stereocenters. The fourth-order valence-corrected chi connectivity index (χ4v) is 2.94. The summed E-state index contributed by atoms with van der Waals surface area (Å²) in [6.45, 7) is 0. The lowest BCUT2D eigenvalue weighted by Gasteiger charge is -2.02. The predicted molar refractivity (Wildman–Crippen MR) is 103 cm³/mol. The fraction of sp³-hybridized carbons (Fsp3) is 0. The van der Waals surface area contributed by atoms with Crippen LogP contribution in [0.25, 0.3) is 11.3 Å². The average Bonchev–Trinajstić information content (AvgIpc) is 2.93. The van der Waals surface area contributed by atoms with E-state index in [2.05, 4.69) is 10.3 Å². The van der Waals surface area contributed by atoms with Crippen LogP contribution in [0.5, 0.6) is 0 Å². The molecule has 114 valence electrons. The molecule has 0 saturated heterocycles. The third kappa shape index (κ3) is 4.15. The highest BCUT2D eigenvalue weighted by atomic mass is 79.9. The molecule has 1 aromatic heterocycles. The molecule has 22 heavy (non-hydrogen) atoms. The van der Waals surface area contributed by atoms with Crippen LogP contribution in [0.15, 0.2) is 47.8 Å². The van der Waals surface area contributed by atoms with Crippen molar-refractivity contribution < 1.29 is 0 Å². The van der Waals surface area contributed by atoms with Gasteiger partial charge in [0.25, 0.3) is 0 Å². The van der Waals surface area contributed by atoms with Gasteiger partial charge in [0.05, 0.1) is 15.7 Å². The molecule has 0 saturated carbocycles. The van der Waals surface area contributed by atoms with Crippen molar-refractivity contribution in [3.8, 4) is 11.3 Å². The SMILES string of the molecule is Br.Clc1ccc(Nc2nc(-c3ccc(Cl)c(Cl)c3)cs2)cc1. The number of rotatable bonds is 3. The van der Waals surface area contributed by atoms with Crippen molar-refractivity contribution in [1.29, 1.82) is 0 Å². The van der Waals surface area contributed by atoms with Crippen LogP contribution in [0.4, 0.5) is 10.8 Å². The van der Waals surface area contributed by atoms with E-state index in [1.807, 2.05) is 41.8 Å². The zero-order valence-corrected chi connectivity index (χ0v) is 15.8. The van der Waals surface area contributed by atoms with E-state index in [-0.39, 0.29) is 17.0 Å². The molecule has 0 atom stereocenters. The molecule has 0 radical (unpaired) electrons. The molecule has 2 nitrogen and oxygen atoms in total. The molecule has 3 rings (SSSR count). The second kappa shape index (κ2) is 7.66. The zero-order valence-electron chi connectivity index (χ0n) is 11.0. The standard InChI is InChI=1S/C15H9Cl3N2S.BrH/c16-10-2-4-11(5-3-10)19-15-20-14(8-21-15)9-1-6-12(17)13(18)7-9;/h1-8H,(H,19,20);1H. The summed E-state index contributed by atoms with van der Waals surface area (Å²) in [4.78, 5) is 4.54. The second-order valence-corrected chi connectivity index (χ2v) is 6.41. The molecule has 0 bridgehead atoms. The van der Waals surface area contributed by atoms with Crippen LogP contribution in [0.2, 0.25) is 15.1 Å². The zero-order chi connectivity index (χ0) is 14.8. The van der Waals surface area contributed by atoms with E-state index in [0.29, 0.717) is 15.1 Å². The Morgan fingerprint density at radius 3 is 2.32 bits per heavy atom. The number of halogens is 4. The molecule has 2 aromatic carbocycles. The van der Waals surface area contributed by atoms with Crippen molar-refractivity contribution in [2.75, 3.05) is 5.32 Å². The van der Waals surface area contributed by atoms with Gasteiger partial charge in [-0.15, -0.1) is 28.3 Å². The molecule has 0 aliphatic carbocycles. The van der Waals surface area contributed by atoms with Crippen LogP contribution in [-0.4, -0.2) is 4.98 Å². The van der Waals surface area contributed by atoms with Crippen molar-refractivity contribution >= 4 is 73.9 Å². The summed E-state index contributed by atoms with van der Waals surface area (Å²) in [6, 6.07) is 12.9. The minimum atomic E-state index is 0. The smallest absolute Gasteiger partial charge is 0.187 e. The predicted octanol–water partition coefficient (Wildman–Crippen LogP) is 7.09. The van der Waals surface area contributed by atoms with Crippen molar-refractivity contribution in [3.63, 3.8) is 0 Å². The van der Waals surface area contributed by atoms with E-state index < -0.39 is 0 Å². The third-order valence-electron chi connectivity index (χ3n) is 2.82. The van der Waals surface area contributed by atoms with Gasteiger partial charge in [0.2, 0.25) is 0 Å². The topological polar surface area (TPSA) is 24.9 Å². The molecule has 0 fully saturated rings.